The third-order valence-electron chi connectivity index (χ3n) is 5.48. The molecule has 2 fully saturated rings. The Morgan fingerprint density at radius 1 is 1.19 bits per heavy atom. The zero-order valence-electron chi connectivity index (χ0n) is 17.2. The van der Waals surface area contributed by atoms with E-state index in [1.165, 1.54) is 17.2 Å². The van der Waals surface area contributed by atoms with Crippen LogP contribution in [0.2, 0.25) is 0 Å². The Bertz CT molecular complexity index is 1130. The van der Waals surface area contributed by atoms with Crippen LogP contribution in [-0.2, 0) is 32.3 Å². The number of nitrogens with zero attached hydrogens (tertiary/aromatic N) is 4. The summed E-state index contributed by atoms with van der Waals surface area (Å²) in [5.41, 5.74) is 1.42. The first-order chi connectivity index (χ1) is 15.0. The summed E-state index contributed by atoms with van der Waals surface area (Å²) in [4.78, 5) is 17.5. The summed E-state index contributed by atoms with van der Waals surface area (Å²) in [7, 11) is 0. The van der Waals surface area contributed by atoms with Crippen molar-refractivity contribution < 1.29 is 24.1 Å². The van der Waals surface area contributed by atoms with E-state index in [1.807, 2.05) is 44.2 Å². The second kappa shape index (κ2) is 7.81. The summed E-state index contributed by atoms with van der Waals surface area (Å²) >= 11 is 0. The third-order valence-corrected chi connectivity index (χ3v) is 5.48. The molecule has 2 aromatic heterocycles. The minimum Gasteiger partial charge on any atom is -0.394 e. The van der Waals surface area contributed by atoms with E-state index in [9.17, 15) is 9.90 Å². The molecular formula is C21H24N4O6. The molecule has 0 radical (unpaired) electrons. The Labute approximate surface area is 177 Å². The SMILES string of the molecule is CC1(C)O[C@@H]2[C@H](O1)[C@@H](CO)O[C@H]2n1cnc2cnn(COCc3ccccc3)c(=O)c21. The van der Waals surface area contributed by atoms with E-state index in [1.54, 1.807) is 4.57 Å². The van der Waals surface area contributed by atoms with Gasteiger partial charge in [0.25, 0.3) is 5.56 Å². The summed E-state index contributed by atoms with van der Waals surface area (Å²) < 4.78 is 26.5. The minimum atomic E-state index is -0.811. The number of aliphatic hydroxyl groups excluding tert-OH is 1. The van der Waals surface area contributed by atoms with Crippen molar-refractivity contribution in [1.29, 1.82) is 0 Å². The molecule has 164 valence electrons. The van der Waals surface area contributed by atoms with Crippen LogP contribution in [0.3, 0.4) is 0 Å². The van der Waals surface area contributed by atoms with Crippen LogP contribution in [0.1, 0.15) is 25.6 Å². The van der Waals surface area contributed by atoms with Gasteiger partial charge in [-0.05, 0) is 19.4 Å². The molecule has 0 amide bonds. The van der Waals surface area contributed by atoms with Gasteiger partial charge in [0.2, 0.25) is 0 Å². The van der Waals surface area contributed by atoms with E-state index in [2.05, 4.69) is 10.1 Å². The van der Waals surface area contributed by atoms with Gasteiger partial charge >= 0.3 is 0 Å². The summed E-state index contributed by atoms with van der Waals surface area (Å²) in [5.74, 6) is -0.811. The van der Waals surface area contributed by atoms with E-state index < -0.39 is 30.3 Å². The predicted molar refractivity (Wildman–Crippen MR) is 108 cm³/mol. The first-order valence-corrected chi connectivity index (χ1v) is 10.1. The Balaban J connectivity index is 1.42. The van der Waals surface area contributed by atoms with E-state index >= 15 is 0 Å². The van der Waals surface area contributed by atoms with Gasteiger partial charge in [-0.2, -0.15) is 5.10 Å². The second-order valence-electron chi connectivity index (χ2n) is 8.11. The Morgan fingerprint density at radius 2 is 1.97 bits per heavy atom. The van der Waals surface area contributed by atoms with Crippen molar-refractivity contribution in [3.05, 3.63) is 58.8 Å². The molecule has 0 unspecified atom stereocenters. The largest absolute Gasteiger partial charge is 0.394 e. The lowest BCUT2D eigenvalue weighted by Gasteiger charge is -2.24. The highest BCUT2D eigenvalue weighted by Gasteiger charge is 2.55. The van der Waals surface area contributed by atoms with Gasteiger partial charge in [0, 0.05) is 0 Å². The van der Waals surface area contributed by atoms with Crippen molar-refractivity contribution in [1.82, 2.24) is 19.3 Å². The average molecular weight is 428 g/mol. The number of aromatic nitrogens is 4. The Kier molecular flexibility index (Phi) is 5.11. The van der Waals surface area contributed by atoms with Crippen LogP contribution in [0.15, 0.2) is 47.7 Å². The topological polar surface area (TPSA) is 110 Å². The molecule has 1 aromatic carbocycles. The summed E-state index contributed by atoms with van der Waals surface area (Å²) in [6.07, 6.45) is 0.889. The fourth-order valence-electron chi connectivity index (χ4n) is 4.13. The molecule has 31 heavy (non-hydrogen) atoms. The highest BCUT2D eigenvalue weighted by Crippen LogP contribution is 2.43. The molecule has 0 spiro atoms. The van der Waals surface area contributed by atoms with Crippen molar-refractivity contribution in [3.8, 4) is 0 Å². The molecule has 2 aliphatic heterocycles. The van der Waals surface area contributed by atoms with Crippen LogP contribution in [-0.4, -0.2) is 55.1 Å². The van der Waals surface area contributed by atoms with Crippen molar-refractivity contribution >= 4 is 11.0 Å². The van der Waals surface area contributed by atoms with Crippen LogP contribution in [0.25, 0.3) is 11.0 Å². The molecule has 0 saturated carbocycles. The number of imidazole rings is 1. The number of fused-ring (bicyclic) bond motifs is 2. The van der Waals surface area contributed by atoms with Crippen molar-refractivity contribution in [3.63, 3.8) is 0 Å². The first kappa shape index (κ1) is 20.3. The lowest BCUT2D eigenvalue weighted by atomic mass is 10.1. The average Bonchev–Trinajstić information content (AvgIpc) is 3.41. The molecule has 2 aliphatic rings. The van der Waals surface area contributed by atoms with Crippen molar-refractivity contribution in [2.45, 2.75) is 57.5 Å². The maximum atomic E-state index is 13.2. The fourth-order valence-corrected chi connectivity index (χ4v) is 4.13. The van der Waals surface area contributed by atoms with Crippen LogP contribution in [0.4, 0.5) is 0 Å². The van der Waals surface area contributed by atoms with Gasteiger partial charge in [-0.3, -0.25) is 9.36 Å². The number of rotatable bonds is 6. The van der Waals surface area contributed by atoms with E-state index in [0.29, 0.717) is 17.6 Å². The van der Waals surface area contributed by atoms with Crippen molar-refractivity contribution in [2.24, 2.45) is 0 Å². The fraction of sp³-hybridized carbons (Fsp3) is 0.476. The summed E-state index contributed by atoms with van der Waals surface area (Å²) in [6.45, 7) is 3.76. The summed E-state index contributed by atoms with van der Waals surface area (Å²) in [5, 5.41) is 13.9. The van der Waals surface area contributed by atoms with E-state index in [-0.39, 0.29) is 18.9 Å². The monoisotopic (exact) mass is 428 g/mol. The quantitative estimate of drug-likeness (QED) is 0.623. The van der Waals surface area contributed by atoms with Crippen molar-refractivity contribution in [2.75, 3.05) is 6.61 Å². The maximum absolute atomic E-state index is 13.2. The van der Waals surface area contributed by atoms with Gasteiger partial charge < -0.3 is 24.1 Å². The van der Waals surface area contributed by atoms with Crippen LogP contribution in [0, 0.1) is 0 Å². The van der Waals surface area contributed by atoms with Gasteiger partial charge in [0.1, 0.15) is 36.1 Å². The molecule has 4 atom stereocenters. The van der Waals surface area contributed by atoms with Crippen LogP contribution in [0.5, 0.6) is 0 Å². The van der Waals surface area contributed by atoms with Gasteiger partial charge in [0.15, 0.2) is 12.0 Å². The molecular weight excluding hydrogens is 404 g/mol. The minimum absolute atomic E-state index is 0.00165. The predicted octanol–water partition coefficient (Wildman–Crippen LogP) is 1.18. The Hall–Kier alpha value is -2.63. The number of benzene rings is 1. The number of aliphatic hydroxyl groups is 1. The lowest BCUT2D eigenvalue weighted by molar-refractivity contribution is -0.199. The van der Waals surface area contributed by atoms with Crippen LogP contribution >= 0.6 is 0 Å². The van der Waals surface area contributed by atoms with Gasteiger partial charge in [-0.15, -0.1) is 0 Å². The van der Waals surface area contributed by atoms with Gasteiger partial charge in [-0.1, -0.05) is 30.3 Å². The number of ether oxygens (including phenoxy) is 4. The smallest absolute Gasteiger partial charge is 0.295 e. The molecule has 3 aromatic rings. The molecule has 10 heteroatoms. The zero-order chi connectivity index (χ0) is 21.6. The molecule has 0 bridgehead atoms. The molecule has 5 rings (SSSR count). The molecule has 10 nitrogen and oxygen atoms in total. The van der Waals surface area contributed by atoms with Crippen LogP contribution < -0.4 is 5.56 Å². The van der Waals surface area contributed by atoms with Gasteiger partial charge in [-0.25, -0.2) is 9.67 Å². The Morgan fingerprint density at radius 3 is 2.74 bits per heavy atom. The normalized spacial score (nSPS) is 27.1. The summed E-state index contributed by atoms with van der Waals surface area (Å²) in [6, 6.07) is 9.69. The van der Waals surface area contributed by atoms with E-state index in [0.717, 1.165) is 5.56 Å². The molecule has 2 saturated heterocycles. The maximum Gasteiger partial charge on any atom is 0.295 e. The van der Waals surface area contributed by atoms with E-state index in [4.69, 9.17) is 18.9 Å². The second-order valence-corrected chi connectivity index (χ2v) is 8.11. The van der Waals surface area contributed by atoms with Gasteiger partial charge in [0.05, 0.1) is 25.7 Å². The molecule has 4 heterocycles. The number of hydrogen-bond acceptors (Lipinski definition) is 8. The standard InChI is InChI=1S/C21H24N4O6/c1-21(2)30-17-15(9-26)29-20(18(17)31-21)24-11-22-14-8-23-25(19(27)16(14)24)12-28-10-13-6-4-3-5-7-13/h3-8,11,15,17-18,20,26H,9-10,12H2,1-2H3/t15-,17-,18-,20-/m1/s1. The molecule has 0 aliphatic carbocycles. The molecule has 1 N–H and O–H groups in total. The lowest BCUT2D eigenvalue weighted by Crippen LogP contribution is -2.31. The zero-order valence-corrected chi connectivity index (χ0v) is 17.2. The number of hydrogen-bond donors (Lipinski definition) is 1. The highest BCUT2D eigenvalue weighted by atomic mass is 16.8. The first-order valence-electron chi connectivity index (χ1n) is 10.1. The third kappa shape index (κ3) is 3.66. The highest BCUT2D eigenvalue weighted by molar-refractivity contribution is 5.73.